The molecule has 4 rings (SSSR count). The molecule has 0 atom stereocenters. The number of aryl methyl sites for hydroxylation is 1. The van der Waals surface area contributed by atoms with E-state index in [4.69, 9.17) is 4.42 Å². The number of hydrogen-bond acceptors (Lipinski definition) is 4. The molecule has 0 bridgehead atoms. The molecule has 27 heavy (non-hydrogen) atoms. The first-order valence-corrected chi connectivity index (χ1v) is 8.86. The molecule has 1 aliphatic heterocycles. The highest BCUT2D eigenvalue weighted by Gasteiger charge is 2.25. The smallest absolute Gasteiger partial charge is 0.349 e. The average molecular weight is 366 g/mol. The Morgan fingerprint density at radius 2 is 1.78 bits per heavy atom. The van der Waals surface area contributed by atoms with Crippen molar-refractivity contribution in [2.45, 2.75) is 6.92 Å². The highest BCUT2D eigenvalue weighted by molar-refractivity contribution is 5.96. The predicted octanol–water partition coefficient (Wildman–Crippen LogP) is 3.20. The minimum Gasteiger partial charge on any atom is -0.422 e. The lowest BCUT2D eigenvalue weighted by atomic mass is 10.1. The molecule has 2 heterocycles. The lowest BCUT2D eigenvalue weighted by Gasteiger charge is -2.36. The van der Waals surface area contributed by atoms with E-state index in [0.717, 1.165) is 10.9 Å². The van der Waals surface area contributed by atoms with E-state index in [2.05, 4.69) is 0 Å². The molecular formula is C21H19FN2O3. The van der Waals surface area contributed by atoms with Crippen LogP contribution in [-0.2, 0) is 0 Å². The Kier molecular flexibility index (Phi) is 4.39. The van der Waals surface area contributed by atoms with E-state index in [9.17, 15) is 14.0 Å². The average Bonchev–Trinajstić information content (AvgIpc) is 2.68. The quantitative estimate of drug-likeness (QED) is 0.654. The topological polar surface area (TPSA) is 53.8 Å². The van der Waals surface area contributed by atoms with Crippen molar-refractivity contribution < 1.29 is 13.6 Å². The van der Waals surface area contributed by atoms with Gasteiger partial charge in [-0.1, -0.05) is 23.8 Å². The van der Waals surface area contributed by atoms with Gasteiger partial charge in [-0.25, -0.2) is 9.18 Å². The van der Waals surface area contributed by atoms with E-state index >= 15 is 0 Å². The number of hydrogen-bond donors (Lipinski definition) is 0. The summed E-state index contributed by atoms with van der Waals surface area (Å²) in [6, 6.07) is 13.7. The molecule has 6 heteroatoms. The SMILES string of the molecule is Cc1ccc2oc(=O)c(C(=O)N3CCN(c4ccccc4F)CC3)cc2c1. The number of nitrogens with zero attached hydrogens (tertiary/aromatic N) is 2. The summed E-state index contributed by atoms with van der Waals surface area (Å²) >= 11 is 0. The Morgan fingerprint density at radius 1 is 1.04 bits per heavy atom. The minimum atomic E-state index is -0.632. The summed E-state index contributed by atoms with van der Waals surface area (Å²) in [5.41, 5.74) is 1.42. The third-order valence-electron chi connectivity index (χ3n) is 4.88. The van der Waals surface area contributed by atoms with E-state index < -0.39 is 5.63 Å². The zero-order valence-electron chi connectivity index (χ0n) is 14.9. The fraction of sp³-hybridized carbons (Fsp3) is 0.238. The van der Waals surface area contributed by atoms with Crippen LogP contribution in [0.25, 0.3) is 11.0 Å². The zero-order valence-corrected chi connectivity index (χ0v) is 14.9. The molecule has 1 amide bonds. The first-order valence-electron chi connectivity index (χ1n) is 8.86. The van der Waals surface area contributed by atoms with Crippen LogP contribution in [0.3, 0.4) is 0 Å². The van der Waals surface area contributed by atoms with Crippen molar-refractivity contribution in [3.63, 3.8) is 0 Å². The number of carbonyl (C=O) groups is 1. The molecule has 3 aromatic rings. The van der Waals surface area contributed by atoms with Crippen molar-refractivity contribution in [2.75, 3.05) is 31.1 Å². The third-order valence-corrected chi connectivity index (χ3v) is 4.88. The molecule has 0 spiro atoms. The van der Waals surface area contributed by atoms with Crippen LogP contribution in [0.2, 0.25) is 0 Å². The number of anilines is 1. The van der Waals surface area contributed by atoms with Crippen molar-refractivity contribution in [3.8, 4) is 0 Å². The minimum absolute atomic E-state index is 0.0347. The van der Waals surface area contributed by atoms with E-state index in [-0.39, 0.29) is 17.3 Å². The lowest BCUT2D eigenvalue weighted by molar-refractivity contribution is 0.0742. The van der Waals surface area contributed by atoms with Gasteiger partial charge >= 0.3 is 5.63 Å². The van der Waals surface area contributed by atoms with E-state index in [1.807, 2.05) is 24.0 Å². The molecule has 0 N–H and O–H groups in total. The molecule has 1 aliphatic rings. The van der Waals surface area contributed by atoms with Gasteiger partial charge in [0, 0.05) is 31.6 Å². The maximum absolute atomic E-state index is 14.0. The maximum atomic E-state index is 14.0. The van der Waals surface area contributed by atoms with Gasteiger partial charge in [-0.3, -0.25) is 4.79 Å². The van der Waals surface area contributed by atoms with Crippen molar-refractivity contribution in [1.82, 2.24) is 4.90 Å². The van der Waals surface area contributed by atoms with Gasteiger partial charge in [0.2, 0.25) is 0 Å². The number of carbonyl (C=O) groups excluding carboxylic acids is 1. The summed E-state index contributed by atoms with van der Waals surface area (Å²) in [5.74, 6) is -0.622. The van der Waals surface area contributed by atoms with Gasteiger partial charge in [-0.15, -0.1) is 0 Å². The van der Waals surface area contributed by atoms with Crippen LogP contribution in [0.5, 0.6) is 0 Å². The van der Waals surface area contributed by atoms with Gasteiger partial charge in [0.1, 0.15) is 17.0 Å². The number of fused-ring (bicyclic) bond motifs is 1. The summed E-state index contributed by atoms with van der Waals surface area (Å²) in [5, 5.41) is 0.725. The van der Waals surface area contributed by atoms with E-state index in [1.165, 1.54) is 6.07 Å². The Labute approximate surface area is 155 Å². The van der Waals surface area contributed by atoms with Gasteiger partial charge in [-0.2, -0.15) is 0 Å². The van der Waals surface area contributed by atoms with Gasteiger partial charge in [-0.05, 0) is 37.3 Å². The number of amides is 1. The van der Waals surface area contributed by atoms with Crippen molar-refractivity contribution >= 4 is 22.6 Å². The van der Waals surface area contributed by atoms with Crippen LogP contribution in [0.15, 0.2) is 57.7 Å². The summed E-state index contributed by atoms with van der Waals surface area (Å²) in [4.78, 5) is 28.6. The van der Waals surface area contributed by atoms with E-state index in [1.54, 1.807) is 35.2 Å². The Hall–Kier alpha value is -3.15. The number of benzene rings is 2. The van der Waals surface area contributed by atoms with E-state index in [0.29, 0.717) is 37.4 Å². The Balaban J connectivity index is 1.54. The van der Waals surface area contributed by atoms with Crippen LogP contribution in [-0.4, -0.2) is 37.0 Å². The normalized spacial score (nSPS) is 14.6. The van der Waals surface area contributed by atoms with Crippen molar-refractivity contribution in [1.29, 1.82) is 0 Å². The van der Waals surface area contributed by atoms with Gasteiger partial charge < -0.3 is 14.2 Å². The first-order chi connectivity index (χ1) is 13.0. The van der Waals surface area contributed by atoms with Crippen LogP contribution in [0.1, 0.15) is 15.9 Å². The van der Waals surface area contributed by atoms with Gasteiger partial charge in [0.15, 0.2) is 0 Å². The molecule has 0 unspecified atom stereocenters. The molecule has 5 nitrogen and oxygen atoms in total. The van der Waals surface area contributed by atoms with Crippen LogP contribution in [0.4, 0.5) is 10.1 Å². The first kappa shape index (κ1) is 17.3. The summed E-state index contributed by atoms with van der Waals surface area (Å²) in [6.07, 6.45) is 0. The second kappa shape index (κ2) is 6.87. The Morgan fingerprint density at radius 3 is 2.52 bits per heavy atom. The summed E-state index contributed by atoms with van der Waals surface area (Å²) in [7, 11) is 0. The molecule has 1 saturated heterocycles. The van der Waals surface area contributed by atoms with Crippen molar-refractivity contribution in [2.24, 2.45) is 0 Å². The highest BCUT2D eigenvalue weighted by atomic mass is 19.1. The van der Waals surface area contributed by atoms with Crippen LogP contribution in [0, 0.1) is 12.7 Å². The van der Waals surface area contributed by atoms with Crippen molar-refractivity contribution in [3.05, 3.63) is 75.9 Å². The second-order valence-electron chi connectivity index (χ2n) is 6.72. The number of para-hydroxylation sites is 1. The standard InChI is InChI=1S/C21H19FN2O3/c1-14-6-7-19-15(12-14)13-16(21(26)27-19)20(25)24-10-8-23(9-11-24)18-5-3-2-4-17(18)22/h2-7,12-13H,8-11H2,1H3. The zero-order chi connectivity index (χ0) is 19.0. The molecule has 2 aromatic carbocycles. The third kappa shape index (κ3) is 3.30. The fourth-order valence-electron chi connectivity index (χ4n) is 3.42. The predicted molar refractivity (Wildman–Crippen MR) is 102 cm³/mol. The van der Waals surface area contributed by atoms with Gasteiger partial charge in [0.05, 0.1) is 5.69 Å². The fourth-order valence-corrected chi connectivity index (χ4v) is 3.42. The second-order valence-corrected chi connectivity index (χ2v) is 6.72. The highest BCUT2D eigenvalue weighted by Crippen LogP contribution is 2.21. The number of halogens is 1. The van der Waals surface area contributed by atoms with Gasteiger partial charge in [0.25, 0.3) is 5.91 Å². The monoisotopic (exact) mass is 366 g/mol. The lowest BCUT2D eigenvalue weighted by Crippen LogP contribution is -2.49. The largest absolute Gasteiger partial charge is 0.422 e. The molecule has 0 aliphatic carbocycles. The van der Waals surface area contributed by atoms with Crippen LogP contribution >= 0.6 is 0 Å². The van der Waals surface area contributed by atoms with Crippen LogP contribution < -0.4 is 10.5 Å². The molecule has 0 radical (unpaired) electrons. The summed E-state index contributed by atoms with van der Waals surface area (Å²) in [6.45, 7) is 3.78. The Bertz CT molecular complexity index is 1070. The maximum Gasteiger partial charge on any atom is 0.349 e. The molecule has 1 fully saturated rings. The molecular weight excluding hydrogens is 347 g/mol. The molecule has 138 valence electrons. The molecule has 0 saturated carbocycles. The summed E-state index contributed by atoms with van der Waals surface area (Å²) < 4.78 is 19.3. The number of rotatable bonds is 2. The number of piperazine rings is 1. The molecule has 1 aromatic heterocycles.